The Bertz CT molecular complexity index is 1330. The third-order valence-electron chi connectivity index (χ3n) is 5.50. The minimum Gasteiger partial charge on any atom is -0.356 e. The molecule has 0 fully saturated rings. The first-order chi connectivity index (χ1) is 17.8. The Morgan fingerprint density at radius 3 is 1.19 bits per heavy atom. The van der Waals surface area contributed by atoms with Crippen molar-refractivity contribution in [3.63, 3.8) is 0 Å². The first kappa shape index (κ1) is 22.8. The van der Waals surface area contributed by atoms with Gasteiger partial charge in [0.2, 0.25) is 0 Å². The van der Waals surface area contributed by atoms with Crippen molar-refractivity contribution in [2.75, 3.05) is 10.6 Å². The molecule has 0 saturated heterocycles. The Hall–Kier alpha value is -4.96. The molecule has 2 N–H and O–H groups in total. The van der Waals surface area contributed by atoms with Gasteiger partial charge in [-0.05, 0) is 90.0 Å². The Morgan fingerprint density at radius 1 is 0.389 bits per heavy atom. The van der Waals surface area contributed by atoms with Crippen LogP contribution in [0.4, 0.5) is 34.1 Å². The maximum absolute atomic E-state index is 4.62. The molecule has 0 spiro atoms. The van der Waals surface area contributed by atoms with Crippen LogP contribution in [-0.4, -0.2) is 12.4 Å². The highest BCUT2D eigenvalue weighted by Crippen LogP contribution is 2.21. The van der Waals surface area contributed by atoms with Crippen molar-refractivity contribution in [3.8, 4) is 0 Å². The average molecular weight is 467 g/mol. The monoisotopic (exact) mass is 466 g/mol. The molecular weight excluding hydrogens is 440 g/mol. The summed E-state index contributed by atoms with van der Waals surface area (Å²) in [6, 6.07) is 44.5. The van der Waals surface area contributed by atoms with E-state index >= 15 is 0 Å². The maximum Gasteiger partial charge on any atom is 0.0631 e. The van der Waals surface area contributed by atoms with Gasteiger partial charge in [0.25, 0.3) is 0 Å². The Labute approximate surface area is 211 Å². The molecular formula is C32H26N4. The first-order valence-corrected chi connectivity index (χ1v) is 11.8. The van der Waals surface area contributed by atoms with E-state index in [0.717, 1.165) is 45.3 Å². The summed E-state index contributed by atoms with van der Waals surface area (Å²) in [5.74, 6) is 0. The van der Waals surface area contributed by atoms with Gasteiger partial charge >= 0.3 is 0 Å². The number of hydrogen-bond acceptors (Lipinski definition) is 4. The smallest absolute Gasteiger partial charge is 0.0631 e. The van der Waals surface area contributed by atoms with Gasteiger partial charge in [-0.1, -0.05) is 54.6 Å². The van der Waals surface area contributed by atoms with Crippen molar-refractivity contribution in [1.29, 1.82) is 0 Å². The fourth-order valence-corrected chi connectivity index (χ4v) is 3.66. The predicted molar refractivity (Wildman–Crippen MR) is 153 cm³/mol. The van der Waals surface area contributed by atoms with E-state index in [2.05, 4.69) is 26.7 Å². The molecule has 5 rings (SSSR count). The lowest BCUT2D eigenvalue weighted by molar-refractivity contribution is 1.49. The molecule has 0 aliphatic heterocycles. The minimum absolute atomic E-state index is 0.900. The highest BCUT2D eigenvalue weighted by Gasteiger charge is 1.97. The van der Waals surface area contributed by atoms with Crippen molar-refractivity contribution in [2.24, 2.45) is 9.98 Å². The van der Waals surface area contributed by atoms with Crippen molar-refractivity contribution >= 4 is 46.6 Å². The number of benzene rings is 5. The Morgan fingerprint density at radius 2 is 0.778 bits per heavy atom. The van der Waals surface area contributed by atoms with Gasteiger partial charge in [0, 0.05) is 35.2 Å². The predicted octanol–water partition coefficient (Wildman–Crippen LogP) is 8.68. The number of rotatable bonds is 8. The number of hydrogen-bond donors (Lipinski definition) is 2. The fraction of sp³-hybridized carbons (Fsp3) is 0. The number of para-hydroxylation sites is 2. The molecule has 0 bridgehead atoms. The molecule has 174 valence electrons. The van der Waals surface area contributed by atoms with Crippen molar-refractivity contribution < 1.29 is 0 Å². The van der Waals surface area contributed by atoms with Crippen LogP contribution in [0.2, 0.25) is 0 Å². The van der Waals surface area contributed by atoms with Crippen molar-refractivity contribution in [2.45, 2.75) is 0 Å². The standard InChI is InChI=1S/C32H26N4/c1-3-10-29(11-4-1)35-31-18-14-27(15-19-31)33-23-25-8-7-9-26(22-25)24-34-28-16-20-32(21-17-28)36-30-12-5-2-6-13-30/h1-24,35-36H/b33-23+,34-24+. The molecule has 0 aromatic heterocycles. The summed E-state index contributed by atoms with van der Waals surface area (Å²) in [6.45, 7) is 0. The molecule has 36 heavy (non-hydrogen) atoms. The van der Waals surface area contributed by atoms with Gasteiger partial charge in [-0.2, -0.15) is 0 Å². The van der Waals surface area contributed by atoms with Gasteiger partial charge in [0.1, 0.15) is 0 Å². The van der Waals surface area contributed by atoms with E-state index in [0.29, 0.717) is 0 Å². The normalized spacial score (nSPS) is 11.1. The van der Waals surface area contributed by atoms with Gasteiger partial charge in [-0.3, -0.25) is 9.98 Å². The van der Waals surface area contributed by atoms with Crippen molar-refractivity contribution in [3.05, 3.63) is 145 Å². The second-order valence-corrected chi connectivity index (χ2v) is 8.26. The molecule has 5 aromatic carbocycles. The number of nitrogens with one attached hydrogen (secondary N) is 2. The second kappa shape index (κ2) is 11.4. The lowest BCUT2D eigenvalue weighted by Gasteiger charge is -2.06. The number of anilines is 4. The van der Waals surface area contributed by atoms with Crippen LogP contribution in [0.25, 0.3) is 0 Å². The quantitative estimate of drug-likeness (QED) is 0.225. The van der Waals surface area contributed by atoms with Crippen LogP contribution >= 0.6 is 0 Å². The summed E-state index contributed by atoms with van der Waals surface area (Å²) in [4.78, 5) is 9.25. The molecule has 4 heteroatoms. The van der Waals surface area contributed by atoms with Gasteiger partial charge < -0.3 is 10.6 Å². The number of nitrogens with zero attached hydrogens (tertiary/aromatic N) is 2. The van der Waals surface area contributed by atoms with Gasteiger partial charge in [-0.15, -0.1) is 0 Å². The van der Waals surface area contributed by atoms with E-state index < -0.39 is 0 Å². The van der Waals surface area contributed by atoms with E-state index in [9.17, 15) is 0 Å². The van der Waals surface area contributed by atoms with E-state index in [4.69, 9.17) is 0 Å². The molecule has 0 aliphatic rings. The first-order valence-electron chi connectivity index (χ1n) is 11.8. The molecule has 0 unspecified atom stereocenters. The molecule has 0 saturated carbocycles. The summed E-state index contributed by atoms with van der Waals surface area (Å²) in [7, 11) is 0. The molecule has 0 atom stereocenters. The van der Waals surface area contributed by atoms with Crippen LogP contribution in [0.15, 0.2) is 143 Å². The van der Waals surface area contributed by atoms with Crippen LogP contribution in [0.1, 0.15) is 11.1 Å². The highest BCUT2D eigenvalue weighted by molar-refractivity contribution is 5.88. The molecule has 0 heterocycles. The minimum atomic E-state index is 0.900. The SMILES string of the molecule is C(=N\c1ccc(Nc2ccccc2)cc1)/c1cccc(/C=N/c2ccc(Nc3ccccc3)cc2)c1. The Kier molecular flexibility index (Phi) is 7.26. The molecule has 0 aliphatic carbocycles. The van der Waals surface area contributed by atoms with Gasteiger partial charge in [0.15, 0.2) is 0 Å². The summed E-state index contributed by atoms with van der Waals surface area (Å²) in [5.41, 5.74) is 8.03. The summed E-state index contributed by atoms with van der Waals surface area (Å²) < 4.78 is 0. The zero-order valence-corrected chi connectivity index (χ0v) is 19.8. The third kappa shape index (κ3) is 6.55. The van der Waals surface area contributed by atoms with E-state index in [-0.39, 0.29) is 0 Å². The molecule has 0 amide bonds. The van der Waals surface area contributed by atoms with E-state index in [1.165, 1.54) is 0 Å². The number of aliphatic imine (C=N–C) groups is 2. The van der Waals surface area contributed by atoms with Crippen LogP contribution < -0.4 is 10.6 Å². The lowest BCUT2D eigenvalue weighted by atomic mass is 10.1. The zero-order chi connectivity index (χ0) is 24.4. The van der Waals surface area contributed by atoms with E-state index in [1.54, 1.807) is 0 Å². The highest BCUT2D eigenvalue weighted by atomic mass is 14.9. The van der Waals surface area contributed by atoms with Gasteiger partial charge in [0.05, 0.1) is 11.4 Å². The second-order valence-electron chi connectivity index (χ2n) is 8.26. The van der Waals surface area contributed by atoms with Crippen LogP contribution in [0.3, 0.4) is 0 Å². The van der Waals surface area contributed by atoms with Crippen LogP contribution in [-0.2, 0) is 0 Å². The summed E-state index contributed by atoms with van der Waals surface area (Å²) in [6.07, 6.45) is 3.75. The van der Waals surface area contributed by atoms with Crippen molar-refractivity contribution in [1.82, 2.24) is 0 Å². The molecule has 5 aromatic rings. The lowest BCUT2D eigenvalue weighted by Crippen LogP contribution is -1.89. The Balaban J connectivity index is 1.19. The maximum atomic E-state index is 4.62. The summed E-state index contributed by atoms with van der Waals surface area (Å²) in [5, 5.41) is 6.77. The zero-order valence-electron chi connectivity index (χ0n) is 19.8. The third-order valence-corrected chi connectivity index (χ3v) is 5.50. The molecule has 0 radical (unpaired) electrons. The topological polar surface area (TPSA) is 48.8 Å². The van der Waals surface area contributed by atoms with Crippen LogP contribution in [0, 0.1) is 0 Å². The van der Waals surface area contributed by atoms with Gasteiger partial charge in [-0.25, -0.2) is 0 Å². The fourth-order valence-electron chi connectivity index (χ4n) is 3.66. The summed E-state index contributed by atoms with van der Waals surface area (Å²) >= 11 is 0. The average Bonchev–Trinajstić information content (AvgIpc) is 2.94. The van der Waals surface area contributed by atoms with E-state index in [1.807, 2.05) is 140 Å². The van der Waals surface area contributed by atoms with Crippen LogP contribution in [0.5, 0.6) is 0 Å². The molecule has 4 nitrogen and oxygen atoms in total. The largest absolute Gasteiger partial charge is 0.356 e.